The van der Waals surface area contributed by atoms with Gasteiger partial charge in [0.15, 0.2) is 0 Å². The second-order valence-corrected chi connectivity index (χ2v) is 3.31. The highest BCUT2D eigenvalue weighted by Gasteiger charge is 1.86. The standard InChI is InChI=1S/C10H9Cl.C3H8/c1-2-3-5-9-6-4-7-10(11)8-9;1-3-2/h4,6-8H,2H2,1H3;3H2,1-2H3. The summed E-state index contributed by atoms with van der Waals surface area (Å²) in [6.45, 7) is 6.28. The number of benzene rings is 1. The molecule has 0 amide bonds. The van der Waals surface area contributed by atoms with E-state index >= 15 is 0 Å². The Morgan fingerprint density at radius 2 is 1.86 bits per heavy atom. The minimum atomic E-state index is 0.743. The van der Waals surface area contributed by atoms with Crippen molar-refractivity contribution in [2.45, 2.75) is 33.6 Å². The molecule has 0 atom stereocenters. The summed E-state index contributed by atoms with van der Waals surface area (Å²) >= 11 is 5.76. The van der Waals surface area contributed by atoms with Crippen LogP contribution in [0.3, 0.4) is 0 Å². The van der Waals surface area contributed by atoms with Gasteiger partial charge in [0, 0.05) is 17.0 Å². The van der Waals surface area contributed by atoms with E-state index in [1.165, 1.54) is 6.42 Å². The molecule has 0 aromatic heterocycles. The Balaban J connectivity index is 0.000000500. The van der Waals surface area contributed by atoms with Gasteiger partial charge >= 0.3 is 0 Å². The molecule has 0 saturated carbocycles. The van der Waals surface area contributed by atoms with Crippen molar-refractivity contribution in [2.75, 3.05) is 0 Å². The van der Waals surface area contributed by atoms with Crippen molar-refractivity contribution < 1.29 is 0 Å². The van der Waals surface area contributed by atoms with Crippen LogP contribution >= 0.6 is 11.6 Å². The van der Waals surface area contributed by atoms with Gasteiger partial charge in [-0.1, -0.05) is 56.7 Å². The lowest BCUT2D eigenvalue weighted by atomic mass is 10.2. The van der Waals surface area contributed by atoms with Crippen molar-refractivity contribution in [3.05, 3.63) is 34.9 Å². The van der Waals surface area contributed by atoms with Crippen LogP contribution in [0, 0.1) is 11.8 Å². The zero-order valence-corrected chi connectivity index (χ0v) is 9.86. The Morgan fingerprint density at radius 1 is 1.21 bits per heavy atom. The molecule has 0 unspecified atom stereocenters. The predicted molar refractivity (Wildman–Crippen MR) is 64.6 cm³/mol. The van der Waals surface area contributed by atoms with Gasteiger partial charge in [-0.25, -0.2) is 0 Å². The van der Waals surface area contributed by atoms with Gasteiger partial charge in [0.2, 0.25) is 0 Å². The first-order valence-electron chi connectivity index (χ1n) is 4.99. The highest BCUT2D eigenvalue weighted by atomic mass is 35.5. The fourth-order valence-electron chi connectivity index (χ4n) is 0.757. The maximum atomic E-state index is 5.76. The van der Waals surface area contributed by atoms with E-state index < -0.39 is 0 Å². The molecular formula is C13H17Cl. The van der Waals surface area contributed by atoms with Gasteiger partial charge in [-0.15, -0.1) is 0 Å². The van der Waals surface area contributed by atoms with Crippen LogP contribution < -0.4 is 0 Å². The van der Waals surface area contributed by atoms with Gasteiger partial charge in [-0.2, -0.15) is 0 Å². The van der Waals surface area contributed by atoms with E-state index in [9.17, 15) is 0 Å². The molecule has 0 aliphatic rings. The minimum Gasteiger partial charge on any atom is -0.0982 e. The van der Waals surface area contributed by atoms with E-state index in [1.54, 1.807) is 0 Å². The Kier molecular flexibility index (Phi) is 8.08. The number of hydrogen-bond acceptors (Lipinski definition) is 0. The van der Waals surface area contributed by atoms with Gasteiger partial charge in [0.05, 0.1) is 0 Å². The Hall–Kier alpha value is -0.930. The van der Waals surface area contributed by atoms with Crippen LogP contribution in [0.4, 0.5) is 0 Å². The lowest BCUT2D eigenvalue weighted by molar-refractivity contribution is 1.09. The molecule has 0 aliphatic carbocycles. The first-order chi connectivity index (χ1) is 6.74. The molecule has 1 aromatic rings. The van der Waals surface area contributed by atoms with Gasteiger partial charge in [-0.05, 0) is 18.2 Å². The van der Waals surface area contributed by atoms with Crippen LogP contribution in [0.5, 0.6) is 0 Å². The molecule has 0 nitrogen and oxygen atoms in total. The number of rotatable bonds is 0. The summed E-state index contributed by atoms with van der Waals surface area (Å²) in [6.07, 6.45) is 2.13. The SMILES string of the molecule is CCC.CCC#Cc1cccc(Cl)c1. The highest BCUT2D eigenvalue weighted by Crippen LogP contribution is 2.09. The summed E-state index contributed by atoms with van der Waals surface area (Å²) in [4.78, 5) is 0. The summed E-state index contributed by atoms with van der Waals surface area (Å²) in [5, 5.41) is 0.743. The summed E-state index contributed by atoms with van der Waals surface area (Å²) in [6, 6.07) is 7.57. The molecule has 1 rings (SSSR count). The van der Waals surface area contributed by atoms with Crippen molar-refractivity contribution >= 4 is 11.6 Å². The quantitative estimate of drug-likeness (QED) is 0.550. The molecule has 0 spiro atoms. The fraction of sp³-hybridized carbons (Fsp3) is 0.385. The summed E-state index contributed by atoms with van der Waals surface area (Å²) in [5.74, 6) is 5.98. The van der Waals surface area contributed by atoms with E-state index in [-0.39, 0.29) is 0 Å². The average Bonchev–Trinajstić information content (AvgIpc) is 2.16. The van der Waals surface area contributed by atoms with Crippen LogP contribution in [-0.4, -0.2) is 0 Å². The molecule has 76 valence electrons. The Labute approximate surface area is 92.3 Å². The fourth-order valence-corrected chi connectivity index (χ4v) is 0.947. The zero-order chi connectivity index (χ0) is 10.8. The first-order valence-corrected chi connectivity index (χ1v) is 5.36. The van der Waals surface area contributed by atoms with E-state index in [1.807, 2.05) is 31.2 Å². The molecule has 0 aliphatic heterocycles. The zero-order valence-electron chi connectivity index (χ0n) is 9.10. The van der Waals surface area contributed by atoms with Crippen LogP contribution in [0.1, 0.15) is 39.2 Å². The van der Waals surface area contributed by atoms with Gasteiger partial charge < -0.3 is 0 Å². The van der Waals surface area contributed by atoms with Crippen molar-refractivity contribution in [2.24, 2.45) is 0 Å². The number of hydrogen-bond donors (Lipinski definition) is 0. The summed E-state index contributed by atoms with van der Waals surface area (Å²) in [5.41, 5.74) is 0.986. The monoisotopic (exact) mass is 208 g/mol. The van der Waals surface area contributed by atoms with Gasteiger partial charge in [-0.3, -0.25) is 0 Å². The van der Waals surface area contributed by atoms with E-state index in [2.05, 4.69) is 25.7 Å². The normalized spacial score (nSPS) is 8.00. The second-order valence-electron chi connectivity index (χ2n) is 2.87. The van der Waals surface area contributed by atoms with E-state index in [4.69, 9.17) is 11.6 Å². The van der Waals surface area contributed by atoms with Crippen molar-refractivity contribution in [3.8, 4) is 11.8 Å². The lowest BCUT2D eigenvalue weighted by Crippen LogP contribution is -1.71. The Morgan fingerprint density at radius 3 is 2.36 bits per heavy atom. The summed E-state index contributed by atoms with van der Waals surface area (Å²) in [7, 11) is 0. The van der Waals surface area contributed by atoms with Gasteiger partial charge in [0.25, 0.3) is 0 Å². The second kappa shape index (κ2) is 8.66. The highest BCUT2D eigenvalue weighted by molar-refractivity contribution is 6.30. The molecule has 0 fully saturated rings. The van der Waals surface area contributed by atoms with Crippen molar-refractivity contribution in [1.29, 1.82) is 0 Å². The van der Waals surface area contributed by atoms with E-state index in [0.29, 0.717) is 0 Å². The van der Waals surface area contributed by atoms with Crippen LogP contribution in [0.2, 0.25) is 5.02 Å². The van der Waals surface area contributed by atoms with Crippen LogP contribution in [-0.2, 0) is 0 Å². The number of halogens is 1. The van der Waals surface area contributed by atoms with Crippen molar-refractivity contribution in [3.63, 3.8) is 0 Å². The molecule has 0 heterocycles. The van der Waals surface area contributed by atoms with Crippen LogP contribution in [0.25, 0.3) is 0 Å². The smallest absolute Gasteiger partial charge is 0.0418 e. The van der Waals surface area contributed by atoms with Crippen LogP contribution in [0.15, 0.2) is 24.3 Å². The predicted octanol–water partition coefficient (Wildman–Crippen LogP) is 4.52. The summed E-state index contributed by atoms with van der Waals surface area (Å²) < 4.78 is 0. The molecular weight excluding hydrogens is 192 g/mol. The van der Waals surface area contributed by atoms with E-state index in [0.717, 1.165) is 17.0 Å². The topological polar surface area (TPSA) is 0 Å². The molecule has 0 bridgehead atoms. The maximum Gasteiger partial charge on any atom is 0.0418 e. The third-order valence-corrected chi connectivity index (χ3v) is 1.47. The third-order valence-electron chi connectivity index (χ3n) is 1.23. The molecule has 0 saturated heterocycles. The minimum absolute atomic E-state index is 0.743. The maximum absolute atomic E-state index is 5.76. The largest absolute Gasteiger partial charge is 0.0982 e. The van der Waals surface area contributed by atoms with Crippen molar-refractivity contribution in [1.82, 2.24) is 0 Å². The molecule has 0 N–H and O–H groups in total. The first kappa shape index (κ1) is 13.1. The van der Waals surface area contributed by atoms with Gasteiger partial charge in [0.1, 0.15) is 0 Å². The Bertz CT molecular complexity index is 305. The lowest BCUT2D eigenvalue weighted by Gasteiger charge is -1.89. The average molecular weight is 209 g/mol. The molecule has 1 heteroatoms. The third kappa shape index (κ3) is 6.57. The molecule has 1 aromatic carbocycles. The molecule has 0 radical (unpaired) electrons. The molecule has 14 heavy (non-hydrogen) atoms.